The van der Waals surface area contributed by atoms with Crippen LogP contribution in [0.5, 0.6) is 0 Å². The van der Waals surface area contributed by atoms with E-state index < -0.39 is 6.03 Å². The summed E-state index contributed by atoms with van der Waals surface area (Å²) in [5.41, 5.74) is 0.857. The molecule has 24 heavy (non-hydrogen) atoms. The van der Waals surface area contributed by atoms with E-state index in [0.29, 0.717) is 29.1 Å². The minimum absolute atomic E-state index is 0.0742. The highest BCUT2D eigenvalue weighted by molar-refractivity contribution is 7.99. The van der Waals surface area contributed by atoms with E-state index in [0.717, 1.165) is 5.56 Å². The van der Waals surface area contributed by atoms with Gasteiger partial charge in [-0.15, -0.1) is 10.2 Å². The van der Waals surface area contributed by atoms with Gasteiger partial charge in [0.25, 0.3) is 0 Å². The molecule has 0 bridgehead atoms. The van der Waals surface area contributed by atoms with E-state index in [1.54, 1.807) is 13.0 Å². The normalized spacial score (nSPS) is 10.5. The summed E-state index contributed by atoms with van der Waals surface area (Å²) in [5, 5.41) is 14.3. The molecule has 0 aliphatic carbocycles. The van der Waals surface area contributed by atoms with E-state index in [1.807, 2.05) is 29.7 Å². The first-order valence-corrected chi connectivity index (χ1v) is 8.81. The number of amides is 3. The predicted octanol–water partition coefficient (Wildman–Crippen LogP) is 2.56. The Labute approximate surface area is 149 Å². The number of thioether (sulfide) groups is 1. The smallest absolute Gasteiger partial charge is 0.321 e. The number of hydrogen-bond acceptors (Lipinski definition) is 5. The van der Waals surface area contributed by atoms with Crippen LogP contribution >= 0.6 is 23.4 Å². The second-order valence-electron chi connectivity index (χ2n) is 4.76. The first-order chi connectivity index (χ1) is 11.5. The van der Waals surface area contributed by atoms with Crippen molar-refractivity contribution in [3.63, 3.8) is 0 Å². The van der Waals surface area contributed by atoms with Crippen LogP contribution in [0.25, 0.3) is 11.4 Å². The molecule has 1 aromatic carbocycles. The van der Waals surface area contributed by atoms with Crippen molar-refractivity contribution in [2.45, 2.75) is 25.5 Å². The van der Waals surface area contributed by atoms with Crippen LogP contribution < -0.4 is 10.6 Å². The summed E-state index contributed by atoms with van der Waals surface area (Å²) in [6.45, 7) is 4.85. The first kappa shape index (κ1) is 18.3. The van der Waals surface area contributed by atoms with E-state index in [4.69, 9.17) is 11.6 Å². The van der Waals surface area contributed by atoms with Crippen LogP contribution in [-0.2, 0) is 11.3 Å². The Morgan fingerprint density at radius 3 is 2.75 bits per heavy atom. The van der Waals surface area contributed by atoms with Gasteiger partial charge < -0.3 is 9.88 Å². The van der Waals surface area contributed by atoms with E-state index >= 15 is 0 Å². The van der Waals surface area contributed by atoms with Gasteiger partial charge in [0.2, 0.25) is 5.91 Å². The van der Waals surface area contributed by atoms with Crippen molar-refractivity contribution in [3.8, 4) is 11.4 Å². The molecule has 1 aromatic heterocycles. The van der Waals surface area contributed by atoms with Crippen molar-refractivity contribution in [1.29, 1.82) is 0 Å². The largest absolute Gasteiger partial charge is 0.338 e. The second-order valence-corrected chi connectivity index (χ2v) is 6.14. The number of hydrogen-bond donors (Lipinski definition) is 2. The van der Waals surface area contributed by atoms with E-state index in [1.165, 1.54) is 11.8 Å². The van der Waals surface area contributed by atoms with Crippen molar-refractivity contribution in [2.75, 3.05) is 12.3 Å². The fourth-order valence-electron chi connectivity index (χ4n) is 2.02. The number of carbonyl (C=O) groups excluding carboxylic acids is 2. The van der Waals surface area contributed by atoms with Crippen LogP contribution in [0.15, 0.2) is 29.4 Å². The van der Waals surface area contributed by atoms with Gasteiger partial charge in [-0.25, -0.2) is 4.79 Å². The molecule has 0 saturated heterocycles. The number of benzene rings is 1. The summed E-state index contributed by atoms with van der Waals surface area (Å²) in [6, 6.07) is 6.85. The zero-order valence-corrected chi connectivity index (χ0v) is 14.9. The average molecular weight is 368 g/mol. The van der Waals surface area contributed by atoms with E-state index in [9.17, 15) is 9.59 Å². The fraction of sp³-hybridized carbons (Fsp3) is 0.333. The van der Waals surface area contributed by atoms with Crippen molar-refractivity contribution >= 4 is 35.3 Å². The van der Waals surface area contributed by atoms with Gasteiger partial charge >= 0.3 is 6.03 Å². The van der Waals surface area contributed by atoms with Crippen LogP contribution in [0.2, 0.25) is 5.02 Å². The Hall–Kier alpha value is -2.06. The maximum Gasteiger partial charge on any atom is 0.321 e. The number of aromatic nitrogens is 3. The van der Waals surface area contributed by atoms with Gasteiger partial charge in [0.15, 0.2) is 11.0 Å². The number of carbonyl (C=O) groups is 2. The number of rotatable bonds is 6. The zero-order chi connectivity index (χ0) is 17.5. The summed E-state index contributed by atoms with van der Waals surface area (Å²) >= 11 is 7.24. The molecule has 0 saturated carbocycles. The second kappa shape index (κ2) is 8.70. The number of nitrogens with one attached hydrogen (secondary N) is 2. The maximum absolute atomic E-state index is 11.8. The summed E-state index contributed by atoms with van der Waals surface area (Å²) in [7, 11) is 0. The van der Waals surface area contributed by atoms with Crippen molar-refractivity contribution in [1.82, 2.24) is 25.4 Å². The molecule has 0 radical (unpaired) electrons. The molecule has 1 heterocycles. The molecule has 0 atom stereocenters. The van der Waals surface area contributed by atoms with Crippen LogP contribution in [0.3, 0.4) is 0 Å². The Morgan fingerprint density at radius 1 is 1.29 bits per heavy atom. The Kier molecular flexibility index (Phi) is 6.62. The molecule has 0 aliphatic rings. The molecule has 7 nitrogen and oxygen atoms in total. The van der Waals surface area contributed by atoms with E-state index in [2.05, 4.69) is 20.8 Å². The van der Waals surface area contributed by atoms with E-state index in [-0.39, 0.29) is 11.7 Å². The fourth-order valence-corrected chi connectivity index (χ4v) is 3.01. The van der Waals surface area contributed by atoms with Crippen molar-refractivity contribution in [2.24, 2.45) is 0 Å². The Balaban J connectivity index is 2.07. The monoisotopic (exact) mass is 367 g/mol. The lowest BCUT2D eigenvalue weighted by Gasteiger charge is -2.08. The number of urea groups is 1. The molecule has 0 spiro atoms. The zero-order valence-electron chi connectivity index (χ0n) is 13.4. The minimum Gasteiger partial charge on any atom is -0.338 e. The highest BCUT2D eigenvalue weighted by Gasteiger charge is 2.15. The summed E-state index contributed by atoms with van der Waals surface area (Å²) in [4.78, 5) is 23.1. The van der Waals surface area contributed by atoms with Gasteiger partial charge in [-0.3, -0.25) is 10.1 Å². The molecule has 0 aliphatic heterocycles. The molecule has 128 valence electrons. The lowest BCUT2D eigenvalue weighted by Crippen LogP contribution is -2.40. The van der Waals surface area contributed by atoms with Gasteiger partial charge in [0, 0.05) is 23.7 Å². The highest BCUT2D eigenvalue weighted by atomic mass is 35.5. The molecule has 2 rings (SSSR count). The topological polar surface area (TPSA) is 88.9 Å². The number of nitrogens with zero attached hydrogens (tertiary/aromatic N) is 3. The number of halogens is 1. The van der Waals surface area contributed by atoms with Crippen LogP contribution in [0.4, 0.5) is 4.79 Å². The van der Waals surface area contributed by atoms with Crippen LogP contribution in [0.1, 0.15) is 13.8 Å². The minimum atomic E-state index is -0.500. The Morgan fingerprint density at radius 2 is 2.08 bits per heavy atom. The van der Waals surface area contributed by atoms with Gasteiger partial charge in [0.05, 0.1) is 5.75 Å². The predicted molar refractivity (Wildman–Crippen MR) is 94.1 cm³/mol. The first-order valence-electron chi connectivity index (χ1n) is 7.44. The third kappa shape index (κ3) is 4.72. The lowest BCUT2D eigenvalue weighted by molar-refractivity contribution is -0.117. The summed E-state index contributed by atoms with van der Waals surface area (Å²) < 4.78 is 1.90. The quantitative estimate of drug-likeness (QED) is 0.766. The number of imide groups is 1. The SMILES string of the molecule is CCNC(=O)NC(=O)CSc1nnc(-c2cccc(Cl)c2)n1CC. The highest BCUT2D eigenvalue weighted by Crippen LogP contribution is 2.25. The Bertz CT molecular complexity index is 734. The third-order valence-electron chi connectivity index (χ3n) is 3.04. The molecule has 3 amide bonds. The molecule has 2 aromatic rings. The molecular weight excluding hydrogens is 350 g/mol. The standard InChI is InChI=1S/C15H18ClN5O2S/c1-3-17-14(23)18-12(22)9-24-15-20-19-13(21(15)4-2)10-6-5-7-11(16)8-10/h5-8H,3-4,9H2,1-2H3,(H2,17,18,22,23). The summed E-state index contributed by atoms with van der Waals surface area (Å²) in [5.74, 6) is 0.373. The van der Waals surface area contributed by atoms with Crippen LogP contribution in [-0.4, -0.2) is 39.0 Å². The average Bonchev–Trinajstić information content (AvgIpc) is 2.96. The molecule has 0 fully saturated rings. The van der Waals surface area contributed by atoms with Crippen molar-refractivity contribution < 1.29 is 9.59 Å². The van der Waals surface area contributed by atoms with Gasteiger partial charge in [0.1, 0.15) is 0 Å². The molecular formula is C15H18ClN5O2S. The molecule has 0 unspecified atom stereocenters. The summed E-state index contributed by atoms with van der Waals surface area (Å²) in [6.07, 6.45) is 0. The molecule has 2 N–H and O–H groups in total. The lowest BCUT2D eigenvalue weighted by atomic mass is 10.2. The van der Waals surface area contributed by atoms with Gasteiger partial charge in [-0.05, 0) is 26.0 Å². The van der Waals surface area contributed by atoms with Gasteiger partial charge in [-0.2, -0.15) is 0 Å². The maximum atomic E-state index is 11.8. The van der Waals surface area contributed by atoms with Gasteiger partial charge in [-0.1, -0.05) is 35.5 Å². The third-order valence-corrected chi connectivity index (χ3v) is 4.24. The van der Waals surface area contributed by atoms with Crippen LogP contribution in [0, 0.1) is 0 Å². The molecule has 9 heteroatoms. The van der Waals surface area contributed by atoms with Crippen molar-refractivity contribution in [3.05, 3.63) is 29.3 Å².